The van der Waals surface area contributed by atoms with E-state index in [1.54, 1.807) is 30.3 Å². The summed E-state index contributed by atoms with van der Waals surface area (Å²) in [5.74, 6) is 0. The van der Waals surface area contributed by atoms with Crippen molar-refractivity contribution in [2.24, 2.45) is 0 Å². The van der Waals surface area contributed by atoms with Crippen molar-refractivity contribution in [1.29, 1.82) is 0 Å². The summed E-state index contributed by atoms with van der Waals surface area (Å²) < 4.78 is 41.1. The Bertz CT molecular complexity index is 1160. The SMILES string of the molecule is O=C(Nc1cccc(C(F)(F)F)c1)N1CCCn2cccc2C1c1ccccc1[N+](=O)[O-]. The standard InChI is InChI=1S/C22H19F3N4O3/c23-22(24,25)15-6-3-7-16(14-15)26-21(30)28-13-5-12-27-11-4-10-19(27)20(28)17-8-1-2-9-18(17)29(31)32/h1-4,6-11,14,20H,5,12-13H2,(H,26,30). The number of anilines is 1. The van der Waals surface area contributed by atoms with Crippen LogP contribution in [0.5, 0.6) is 0 Å². The van der Waals surface area contributed by atoms with Crippen LogP contribution < -0.4 is 5.32 Å². The van der Waals surface area contributed by atoms with E-state index in [-0.39, 0.29) is 17.9 Å². The number of nitro benzene ring substituents is 1. The zero-order valence-corrected chi connectivity index (χ0v) is 16.7. The first-order chi connectivity index (χ1) is 15.3. The molecule has 166 valence electrons. The third kappa shape index (κ3) is 4.16. The Balaban J connectivity index is 1.74. The van der Waals surface area contributed by atoms with E-state index in [1.807, 2.05) is 10.8 Å². The lowest BCUT2D eigenvalue weighted by atomic mass is 10.00. The number of aromatic nitrogens is 1. The molecule has 0 fully saturated rings. The molecule has 1 aliphatic heterocycles. The molecule has 1 aliphatic rings. The largest absolute Gasteiger partial charge is 0.416 e. The first-order valence-electron chi connectivity index (χ1n) is 9.89. The van der Waals surface area contributed by atoms with Crippen molar-refractivity contribution in [3.05, 3.63) is 93.8 Å². The van der Waals surface area contributed by atoms with Gasteiger partial charge in [0.2, 0.25) is 0 Å². The van der Waals surface area contributed by atoms with Crippen LogP contribution in [0, 0.1) is 10.1 Å². The Morgan fingerprint density at radius 1 is 1.06 bits per heavy atom. The monoisotopic (exact) mass is 444 g/mol. The van der Waals surface area contributed by atoms with Crippen LogP contribution in [0.1, 0.15) is 29.3 Å². The van der Waals surface area contributed by atoms with Gasteiger partial charge >= 0.3 is 12.2 Å². The van der Waals surface area contributed by atoms with E-state index in [0.717, 1.165) is 12.1 Å². The number of amides is 2. The fourth-order valence-corrected chi connectivity index (χ4v) is 3.98. The number of benzene rings is 2. The van der Waals surface area contributed by atoms with Crippen molar-refractivity contribution in [3.8, 4) is 0 Å². The van der Waals surface area contributed by atoms with Gasteiger partial charge in [0.15, 0.2) is 0 Å². The molecule has 1 aromatic heterocycles. The highest BCUT2D eigenvalue weighted by atomic mass is 19.4. The molecular formula is C22H19F3N4O3. The minimum atomic E-state index is -4.54. The summed E-state index contributed by atoms with van der Waals surface area (Å²) in [7, 11) is 0. The van der Waals surface area contributed by atoms with Crippen LogP contribution in [0.4, 0.5) is 29.3 Å². The Hall–Kier alpha value is -3.82. The number of halogens is 3. The molecule has 1 N–H and O–H groups in total. The summed E-state index contributed by atoms with van der Waals surface area (Å²) in [6.07, 6.45) is -2.13. The number of rotatable bonds is 3. The zero-order chi connectivity index (χ0) is 22.9. The lowest BCUT2D eigenvalue weighted by molar-refractivity contribution is -0.385. The van der Waals surface area contributed by atoms with Crippen molar-refractivity contribution in [3.63, 3.8) is 0 Å². The van der Waals surface area contributed by atoms with E-state index in [2.05, 4.69) is 5.32 Å². The maximum atomic E-state index is 13.2. The molecule has 0 saturated heterocycles. The number of nitrogens with one attached hydrogen (secondary N) is 1. The zero-order valence-electron chi connectivity index (χ0n) is 16.7. The Morgan fingerprint density at radius 2 is 1.84 bits per heavy atom. The molecule has 7 nitrogen and oxygen atoms in total. The first-order valence-corrected chi connectivity index (χ1v) is 9.89. The van der Waals surface area contributed by atoms with Gasteiger partial charge in [0.05, 0.1) is 16.1 Å². The number of hydrogen-bond donors (Lipinski definition) is 1. The molecule has 32 heavy (non-hydrogen) atoms. The van der Waals surface area contributed by atoms with Gasteiger partial charge in [-0.3, -0.25) is 10.1 Å². The van der Waals surface area contributed by atoms with E-state index >= 15 is 0 Å². The van der Waals surface area contributed by atoms with Gasteiger partial charge in [-0.1, -0.05) is 18.2 Å². The highest BCUT2D eigenvalue weighted by Crippen LogP contribution is 2.37. The minimum absolute atomic E-state index is 0.00855. The van der Waals surface area contributed by atoms with Crippen LogP contribution in [0.3, 0.4) is 0 Å². The molecule has 0 spiro atoms. The van der Waals surface area contributed by atoms with Gasteiger partial charge in [0.25, 0.3) is 5.69 Å². The number of nitro groups is 1. The molecule has 4 rings (SSSR count). The third-order valence-corrected chi connectivity index (χ3v) is 5.38. The van der Waals surface area contributed by atoms with Crippen LogP contribution in [-0.2, 0) is 12.7 Å². The number of hydrogen-bond acceptors (Lipinski definition) is 3. The number of aryl methyl sites for hydroxylation is 1. The number of para-hydroxylation sites is 1. The minimum Gasteiger partial charge on any atom is -0.349 e. The summed E-state index contributed by atoms with van der Waals surface area (Å²) in [5.41, 5.74) is -0.000362. The maximum Gasteiger partial charge on any atom is 0.416 e. The Labute approximate surface area is 181 Å². The number of nitrogens with zero attached hydrogens (tertiary/aromatic N) is 3. The van der Waals surface area contributed by atoms with E-state index < -0.39 is 28.7 Å². The summed E-state index contributed by atoms with van der Waals surface area (Å²) in [4.78, 5) is 25.8. The average molecular weight is 444 g/mol. The smallest absolute Gasteiger partial charge is 0.349 e. The molecule has 10 heteroatoms. The molecule has 2 aromatic carbocycles. The second-order valence-corrected chi connectivity index (χ2v) is 7.40. The second-order valence-electron chi connectivity index (χ2n) is 7.40. The first kappa shape index (κ1) is 21.4. The van der Waals surface area contributed by atoms with Gasteiger partial charge in [0.1, 0.15) is 6.04 Å². The van der Waals surface area contributed by atoms with Crippen molar-refractivity contribution >= 4 is 17.4 Å². The fraction of sp³-hybridized carbons (Fsp3) is 0.227. The van der Waals surface area contributed by atoms with Crippen molar-refractivity contribution < 1.29 is 22.9 Å². The lowest BCUT2D eigenvalue weighted by Gasteiger charge is -2.30. The fourth-order valence-electron chi connectivity index (χ4n) is 3.98. The number of carbonyl (C=O) groups is 1. The van der Waals surface area contributed by atoms with Gasteiger partial charge in [-0.15, -0.1) is 0 Å². The van der Waals surface area contributed by atoms with Crippen LogP contribution >= 0.6 is 0 Å². The number of urea groups is 1. The predicted molar refractivity (Wildman–Crippen MR) is 111 cm³/mol. The second kappa shape index (κ2) is 8.37. The van der Waals surface area contributed by atoms with E-state index in [1.165, 1.54) is 23.1 Å². The highest BCUT2D eigenvalue weighted by Gasteiger charge is 2.35. The molecule has 2 heterocycles. The van der Waals surface area contributed by atoms with Crippen LogP contribution in [-0.4, -0.2) is 27.0 Å². The quantitative estimate of drug-likeness (QED) is 0.431. The van der Waals surface area contributed by atoms with Crippen LogP contribution in [0.25, 0.3) is 0 Å². The number of fused-ring (bicyclic) bond motifs is 1. The average Bonchev–Trinajstić information content (AvgIpc) is 3.13. The molecule has 0 radical (unpaired) electrons. The van der Waals surface area contributed by atoms with Crippen LogP contribution in [0.15, 0.2) is 66.9 Å². The molecule has 2 amide bonds. The van der Waals surface area contributed by atoms with Gasteiger partial charge in [-0.05, 0) is 42.8 Å². The summed E-state index contributed by atoms with van der Waals surface area (Å²) >= 11 is 0. The molecule has 0 saturated carbocycles. The molecule has 0 aliphatic carbocycles. The van der Waals surface area contributed by atoms with Crippen molar-refractivity contribution in [2.75, 3.05) is 11.9 Å². The molecule has 0 bridgehead atoms. The van der Waals surface area contributed by atoms with Gasteiger partial charge in [-0.2, -0.15) is 13.2 Å². The van der Waals surface area contributed by atoms with Gasteiger partial charge in [0, 0.05) is 36.7 Å². The normalized spacial score (nSPS) is 16.2. The molecule has 1 unspecified atom stereocenters. The Morgan fingerprint density at radius 3 is 2.59 bits per heavy atom. The van der Waals surface area contributed by atoms with Crippen LogP contribution in [0.2, 0.25) is 0 Å². The lowest BCUT2D eigenvalue weighted by Crippen LogP contribution is -2.39. The predicted octanol–water partition coefficient (Wildman–Crippen LogP) is 5.44. The molecular weight excluding hydrogens is 425 g/mol. The highest BCUT2D eigenvalue weighted by molar-refractivity contribution is 5.90. The van der Waals surface area contributed by atoms with Crippen molar-refractivity contribution in [2.45, 2.75) is 25.2 Å². The molecule has 1 atom stereocenters. The van der Waals surface area contributed by atoms with Gasteiger partial charge in [-0.25, -0.2) is 4.79 Å². The summed E-state index contributed by atoms with van der Waals surface area (Å²) in [5, 5.41) is 14.2. The summed E-state index contributed by atoms with van der Waals surface area (Å²) in [6.45, 7) is 0.871. The Kier molecular flexibility index (Phi) is 5.60. The number of alkyl halides is 3. The molecule has 3 aromatic rings. The van der Waals surface area contributed by atoms with E-state index in [0.29, 0.717) is 24.2 Å². The van der Waals surface area contributed by atoms with E-state index in [4.69, 9.17) is 0 Å². The van der Waals surface area contributed by atoms with Gasteiger partial charge < -0.3 is 14.8 Å². The summed E-state index contributed by atoms with van der Waals surface area (Å²) in [6, 6.07) is 12.7. The van der Waals surface area contributed by atoms with E-state index in [9.17, 15) is 28.1 Å². The third-order valence-electron chi connectivity index (χ3n) is 5.38. The number of carbonyl (C=O) groups excluding carboxylic acids is 1. The topological polar surface area (TPSA) is 80.4 Å². The van der Waals surface area contributed by atoms with Crippen molar-refractivity contribution in [1.82, 2.24) is 9.47 Å². The maximum absolute atomic E-state index is 13.2.